The van der Waals surface area contributed by atoms with Crippen molar-refractivity contribution >= 4 is 11.6 Å². The molecule has 1 aromatic carbocycles. The molecule has 0 aliphatic rings. The minimum Gasteiger partial charge on any atom is -0.497 e. The van der Waals surface area contributed by atoms with Gasteiger partial charge in [0.2, 0.25) is 0 Å². The van der Waals surface area contributed by atoms with Crippen LogP contribution in [-0.4, -0.2) is 22.0 Å². The van der Waals surface area contributed by atoms with E-state index in [-0.39, 0.29) is 0 Å². The third kappa shape index (κ3) is 2.66. The average molecular weight is 267 g/mol. The fourth-order valence-electron chi connectivity index (χ4n) is 1.91. The van der Waals surface area contributed by atoms with Gasteiger partial charge in [-0.05, 0) is 17.7 Å². The van der Waals surface area contributed by atoms with Crippen LogP contribution in [0.25, 0.3) is 0 Å². The molecule has 0 amide bonds. The fourth-order valence-corrected chi connectivity index (χ4v) is 2.21. The Bertz CT molecular complexity index is 520. The smallest absolute Gasteiger partial charge is 0.119 e. The van der Waals surface area contributed by atoms with Gasteiger partial charge in [-0.25, -0.2) is 0 Å². The predicted molar refractivity (Wildman–Crippen MR) is 69.9 cm³/mol. The van der Waals surface area contributed by atoms with Crippen LogP contribution < -0.4 is 4.74 Å². The summed E-state index contributed by atoms with van der Waals surface area (Å²) in [7, 11) is 3.38. The van der Waals surface area contributed by atoms with Crippen molar-refractivity contribution < 1.29 is 9.84 Å². The molecular formula is C13H15ClN2O2. The number of ether oxygens (including phenoxy) is 1. The van der Waals surface area contributed by atoms with Crippen LogP contribution in [0.15, 0.2) is 30.5 Å². The van der Waals surface area contributed by atoms with E-state index in [2.05, 4.69) is 5.10 Å². The van der Waals surface area contributed by atoms with Crippen molar-refractivity contribution in [2.45, 2.75) is 12.5 Å². The Morgan fingerprint density at radius 2 is 2.28 bits per heavy atom. The van der Waals surface area contributed by atoms with Gasteiger partial charge in [0.25, 0.3) is 0 Å². The highest BCUT2D eigenvalue weighted by molar-refractivity contribution is 6.31. The zero-order chi connectivity index (χ0) is 13.1. The lowest BCUT2D eigenvalue weighted by molar-refractivity contribution is 0.168. The minimum atomic E-state index is -0.683. The van der Waals surface area contributed by atoms with Gasteiger partial charge in [0.1, 0.15) is 11.9 Å². The normalized spacial score (nSPS) is 12.4. The Morgan fingerprint density at radius 1 is 1.50 bits per heavy atom. The van der Waals surface area contributed by atoms with Crippen molar-refractivity contribution in [3.63, 3.8) is 0 Å². The molecule has 0 saturated heterocycles. The minimum absolute atomic E-state index is 0.469. The van der Waals surface area contributed by atoms with Crippen LogP contribution in [0.4, 0.5) is 0 Å². The molecule has 2 rings (SSSR count). The van der Waals surface area contributed by atoms with E-state index in [9.17, 15) is 5.11 Å². The maximum absolute atomic E-state index is 10.2. The highest BCUT2D eigenvalue weighted by Gasteiger charge is 2.17. The summed E-state index contributed by atoms with van der Waals surface area (Å²) in [6.07, 6.45) is 1.32. The molecule has 0 radical (unpaired) electrons. The highest BCUT2D eigenvalue weighted by atomic mass is 35.5. The molecule has 0 fully saturated rings. The zero-order valence-corrected chi connectivity index (χ0v) is 11.1. The number of halogens is 1. The van der Waals surface area contributed by atoms with E-state index >= 15 is 0 Å². The van der Waals surface area contributed by atoms with Crippen LogP contribution >= 0.6 is 11.6 Å². The third-order valence-corrected chi connectivity index (χ3v) is 3.11. The lowest BCUT2D eigenvalue weighted by Crippen LogP contribution is -2.08. The molecule has 0 saturated carbocycles. The number of aromatic nitrogens is 2. The number of hydrogen-bond donors (Lipinski definition) is 1. The summed E-state index contributed by atoms with van der Waals surface area (Å²) in [6.45, 7) is 0. The van der Waals surface area contributed by atoms with Gasteiger partial charge in [0.15, 0.2) is 0 Å². The van der Waals surface area contributed by atoms with Crippen LogP contribution in [0, 0.1) is 0 Å². The van der Waals surface area contributed by atoms with Crippen molar-refractivity contribution in [1.82, 2.24) is 9.78 Å². The number of aliphatic hydroxyl groups excluding tert-OH is 1. The van der Waals surface area contributed by atoms with Crippen LogP contribution in [0.2, 0.25) is 5.02 Å². The zero-order valence-electron chi connectivity index (χ0n) is 10.3. The molecule has 18 heavy (non-hydrogen) atoms. The summed E-state index contributed by atoms with van der Waals surface area (Å²) in [6, 6.07) is 7.60. The van der Waals surface area contributed by atoms with Crippen LogP contribution in [0.1, 0.15) is 17.4 Å². The number of hydrogen-bond acceptors (Lipinski definition) is 3. The number of aliphatic hydroxyl groups is 1. The van der Waals surface area contributed by atoms with Gasteiger partial charge < -0.3 is 9.84 Å². The monoisotopic (exact) mass is 266 g/mol. The first-order chi connectivity index (χ1) is 8.61. The molecule has 0 aliphatic carbocycles. The quantitative estimate of drug-likeness (QED) is 0.924. The first-order valence-corrected chi connectivity index (χ1v) is 5.98. The second-order valence-corrected chi connectivity index (χ2v) is 4.48. The van der Waals surface area contributed by atoms with Gasteiger partial charge in [-0.3, -0.25) is 4.68 Å². The Balaban J connectivity index is 2.18. The number of rotatable bonds is 4. The predicted octanol–water partition coefficient (Wildman–Crippen LogP) is 2.36. The second kappa shape index (κ2) is 5.42. The van der Waals surface area contributed by atoms with Gasteiger partial charge in [-0.2, -0.15) is 5.10 Å². The number of nitrogens with zero attached hydrogens (tertiary/aromatic N) is 2. The number of aryl methyl sites for hydroxylation is 1. The summed E-state index contributed by atoms with van der Waals surface area (Å²) in [4.78, 5) is 0. The van der Waals surface area contributed by atoms with Crippen LogP contribution in [-0.2, 0) is 13.5 Å². The average Bonchev–Trinajstić information content (AvgIpc) is 2.69. The SMILES string of the molecule is COc1cccc(CC(O)c2c(Cl)cnn2C)c1. The molecule has 1 N–H and O–H groups in total. The molecule has 4 nitrogen and oxygen atoms in total. The second-order valence-electron chi connectivity index (χ2n) is 4.07. The van der Waals surface area contributed by atoms with Gasteiger partial charge in [0, 0.05) is 13.5 Å². The summed E-state index contributed by atoms with van der Waals surface area (Å²) in [5, 5.41) is 14.7. The van der Waals surface area contributed by atoms with Crippen LogP contribution in [0.3, 0.4) is 0 Å². The summed E-state index contributed by atoms with van der Waals surface area (Å²) >= 11 is 6.00. The van der Waals surface area contributed by atoms with Gasteiger partial charge in [0.05, 0.1) is 24.0 Å². The first-order valence-electron chi connectivity index (χ1n) is 5.60. The summed E-state index contributed by atoms with van der Waals surface area (Å²) in [5.41, 5.74) is 1.61. The molecule has 1 atom stereocenters. The molecule has 1 unspecified atom stereocenters. The van der Waals surface area contributed by atoms with Crippen molar-refractivity contribution in [2.75, 3.05) is 7.11 Å². The van der Waals surface area contributed by atoms with E-state index in [4.69, 9.17) is 16.3 Å². The first kappa shape index (κ1) is 12.9. The van der Waals surface area contributed by atoms with Crippen LogP contribution in [0.5, 0.6) is 5.75 Å². The maximum Gasteiger partial charge on any atom is 0.119 e. The Morgan fingerprint density at radius 3 is 2.89 bits per heavy atom. The molecule has 1 aromatic heterocycles. The Labute approximate surface area is 111 Å². The third-order valence-electron chi connectivity index (χ3n) is 2.82. The molecular weight excluding hydrogens is 252 g/mol. The molecule has 1 heterocycles. The summed E-state index contributed by atoms with van der Waals surface area (Å²) < 4.78 is 6.74. The van der Waals surface area contributed by atoms with E-state index in [1.54, 1.807) is 18.8 Å². The Kier molecular flexibility index (Phi) is 3.89. The van der Waals surface area contributed by atoms with Gasteiger partial charge in [-0.1, -0.05) is 23.7 Å². The van der Waals surface area contributed by atoms with E-state index in [0.717, 1.165) is 11.3 Å². The Hall–Kier alpha value is -1.52. The number of methoxy groups -OCH3 is 1. The maximum atomic E-state index is 10.2. The van der Waals surface area contributed by atoms with Crippen molar-refractivity contribution in [1.29, 1.82) is 0 Å². The molecule has 2 aromatic rings. The van der Waals surface area contributed by atoms with Crippen molar-refractivity contribution in [3.8, 4) is 5.75 Å². The lowest BCUT2D eigenvalue weighted by atomic mass is 10.1. The van der Waals surface area contributed by atoms with Crippen molar-refractivity contribution in [3.05, 3.63) is 46.7 Å². The topological polar surface area (TPSA) is 47.3 Å². The highest BCUT2D eigenvalue weighted by Crippen LogP contribution is 2.25. The van der Waals surface area contributed by atoms with E-state index in [1.165, 1.54) is 6.20 Å². The van der Waals surface area contributed by atoms with E-state index in [1.807, 2.05) is 24.3 Å². The lowest BCUT2D eigenvalue weighted by Gasteiger charge is -2.12. The molecule has 0 bridgehead atoms. The standard InChI is InChI=1S/C13H15ClN2O2/c1-16-13(11(14)8-15-16)12(17)7-9-4-3-5-10(6-9)18-2/h3-6,8,12,17H,7H2,1-2H3. The molecule has 5 heteroatoms. The molecule has 0 aliphatic heterocycles. The fraction of sp³-hybridized carbons (Fsp3) is 0.308. The molecule has 0 spiro atoms. The van der Waals surface area contributed by atoms with Crippen molar-refractivity contribution in [2.24, 2.45) is 7.05 Å². The summed E-state index contributed by atoms with van der Waals surface area (Å²) in [5.74, 6) is 0.774. The largest absolute Gasteiger partial charge is 0.497 e. The van der Waals surface area contributed by atoms with Gasteiger partial charge in [-0.15, -0.1) is 0 Å². The number of benzene rings is 1. The molecule has 96 valence electrons. The van der Waals surface area contributed by atoms with E-state index < -0.39 is 6.10 Å². The van der Waals surface area contributed by atoms with Gasteiger partial charge >= 0.3 is 0 Å². The van der Waals surface area contributed by atoms with E-state index in [0.29, 0.717) is 17.1 Å².